The maximum atomic E-state index is 12.0. The standard InChI is InChI=1S/C12H11F3O4S/c13-12(14,15)11(16)19-20(17,18)10-6-5-8-3-1-2-4-9(8)7-10/h5-7H,1-4H2. The van der Waals surface area contributed by atoms with E-state index >= 15 is 0 Å². The lowest BCUT2D eigenvalue weighted by atomic mass is 9.92. The molecule has 1 aliphatic carbocycles. The summed E-state index contributed by atoms with van der Waals surface area (Å²) in [5, 5.41) is 0. The van der Waals surface area contributed by atoms with Crippen LogP contribution in [0.2, 0.25) is 0 Å². The van der Waals surface area contributed by atoms with Crippen LogP contribution in [-0.2, 0) is 31.9 Å². The van der Waals surface area contributed by atoms with Crippen LogP contribution in [0.4, 0.5) is 13.2 Å². The van der Waals surface area contributed by atoms with Gasteiger partial charge in [-0.3, -0.25) is 0 Å². The molecule has 20 heavy (non-hydrogen) atoms. The van der Waals surface area contributed by atoms with Gasteiger partial charge in [0.2, 0.25) is 0 Å². The molecule has 2 rings (SSSR count). The minimum Gasteiger partial charge on any atom is -0.334 e. The van der Waals surface area contributed by atoms with E-state index in [1.54, 1.807) is 6.07 Å². The number of benzene rings is 1. The molecule has 110 valence electrons. The van der Waals surface area contributed by atoms with Gasteiger partial charge in [0.1, 0.15) is 4.90 Å². The molecule has 0 heterocycles. The van der Waals surface area contributed by atoms with Crippen molar-refractivity contribution in [2.24, 2.45) is 0 Å². The highest BCUT2D eigenvalue weighted by atomic mass is 32.2. The summed E-state index contributed by atoms with van der Waals surface area (Å²) in [5.74, 6) is -2.74. The summed E-state index contributed by atoms with van der Waals surface area (Å²) in [5.41, 5.74) is 1.73. The average molecular weight is 308 g/mol. The first kappa shape index (κ1) is 14.8. The fraction of sp³-hybridized carbons (Fsp3) is 0.417. The van der Waals surface area contributed by atoms with Crippen LogP contribution < -0.4 is 0 Å². The van der Waals surface area contributed by atoms with Crippen molar-refractivity contribution in [1.29, 1.82) is 0 Å². The molecule has 1 aromatic rings. The van der Waals surface area contributed by atoms with Crippen LogP contribution in [0.1, 0.15) is 24.0 Å². The zero-order valence-electron chi connectivity index (χ0n) is 10.2. The van der Waals surface area contributed by atoms with Gasteiger partial charge in [0.25, 0.3) is 0 Å². The molecule has 0 aromatic heterocycles. The van der Waals surface area contributed by atoms with Gasteiger partial charge in [-0.1, -0.05) is 6.07 Å². The van der Waals surface area contributed by atoms with E-state index in [9.17, 15) is 26.4 Å². The van der Waals surface area contributed by atoms with E-state index in [4.69, 9.17) is 0 Å². The van der Waals surface area contributed by atoms with Crippen LogP contribution in [0.15, 0.2) is 23.1 Å². The third-order valence-corrected chi connectivity index (χ3v) is 4.23. The van der Waals surface area contributed by atoms with Crippen LogP contribution >= 0.6 is 0 Å². The molecule has 0 bridgehead atoms. The number of carbonyl (C=O) groups is 1. The molecule has 0 unspecified atom stereocenters. The summed E-state index contributed by atoms with van der Waals surface area (Å²) in [6.07, 6.45) is -2.01. The molecule has 0 amide bonds. The Morgan fingerprint density at radius 3 is 2.30 bits per heavy atom. The summed E-state index contributed by atoms with van der Waals surface area (Å²) in [4.78, 5) is 10.2. The smallest absolute Gasteiger partial charge is 0.334 e. The number of rotatable bonds is 2. The first-order valence-electron chi connectivity index (χ1n) is 5.87. The molecule has 0 fully saturated rings. The molecule has 0 N–H and O–H groups in total. The summed E-state index contributed by atoms with van der Waals surface area (Å²) >= 11 is 0. The van der Waals surface area contributed by atoms with E-state index in [-0.39, 0.29) is 0 Å². The number of aryl methyl sites for hydroxylation is 2. The van der Waals surface area contributed by atoms with Crippen LogP contribution in [0.5, 0.6) is 0 Å². The Morgan fingerprint density at radius 1 is 1.10 bits per heavy atom. The third-order valence-electron chi connectivity index (χ3n) is 3.03. The van der Waals surface area contributed by atoms with E-state index in [0.29, 0.717) is 6.42 Å². The normalized spacial score (nSPS) is 15.6. The van der Waals surface area contributed by atoms with Gasteiger partial charge in [0, 0.05) is 0 Å². The zero-order chi connectivity index (χ0) is 15.0. The second-order valence-corrected chi connectivity index (χ2v) is 6.01. The number of fused-ring (bicyclic) bond motifs is 1. The van der Waals surface area contributed by atoms with Crippen LogP contribution in [-0.4, -0.2) is 20.6 Å². The number of halogens is 3. The molecule has 1 aliphatic rings. The lowest BCUT2D eigenvalue weighted by molar-refractivity contribution is -0.189. The van der Waals surface area contributed by atoms with Crippen LogP contribution in [0.25, 0.3) is 0 Å². The Hall–Kier alpha value is -1.57. The van der Waals surface area contributed by atoms with E-state index in [0.717, 1.165) is 36.5 Å². The fourth-order valence-electron chi connectivity index (χ4n) is 2.06. The monoisotopic (exact) mass is 308 g/mol. The minimum absolute atomic E-state index is 0.434. The molecule has 0 spiro atoms. The maximum Gasteiger partial charge on any atom is 0.492 e. The second kappa shape index (κ2) is 5.08. The van der Waals surface area contributed by atoms with Gasteiger partial charge < -0.3 is 4.18 Å². The molecule has 0 atom stereocenters. The quantitative estimate of drug-likeness (QED) is 0.787. The number of alkyl halides is 3. The predicted octanol–water partition coefficient (Wildman–Crippen LogP) is 2.36. The van der Waals surface area contributed by atoms with Gasteiger partial charge in [-0.2, -0.15) is 21.6 Å². The maximum absolute atomic E-state index is 12.0. The Kier molecular flexibility index (Phi) is 3.77. The Bertz CT molecular complexity index is 635. The number of hydrogen-bond donors (Lipinski definition) is 0. The second-order valence-electron chi connectivity index (χ2n) is 4.46. The average Bonchev–Trinajstić information content (AvgIpc) is 2.36. The van der Waals surface area contributed by atoms with Crippen molar-refractivity contribution in [3.05, 3.63) is 29.3 Å². The molecule has 0 saturated carbocycles. The van der Waals surface area contributed by atoms with Crippen LogP contribution in [0.3, 0.4) is 0 Å². The van der Waals surface area contributed by atoms with Crippen molar-refractivity contribution >= 4 is 16.1 Å². The summed E-state index contributed by atoms with van der Waals surface area (Å²) in [7, 11) is -4.75. The summed E-state index contributed by atoms with van der Waals surface area (Å²) in [6.45, 7) is 0. The molecule has 0 saturated heterocycles. The van der Waals surface area contributed by atoms with Gasteiger partial charge >= 0.3 is 22.3 Å². The first-order valence-corrected chi connectivity index (χ1v) is 7.28. The lowest BCUT2D eigenvalue weighted by Gasteiger charge is -2.16. The zero-order valence-corrected chi connectivity index (χ0v) is 11.1. The van der Waals surface area contributed by atoms with Crippen molar-refractivity contribution in [3.8, 4) is 0 Å². The van der Waals surface area contributed by atoms with E-state index in [2.05, 4.69) is 4.18 Å². The third kappa shape index (κ3) is 3.12. The van der Waals surface area contributed by atoms with Gasteiger partial charge in [0.15, 0.2) is 0 Å². The highest BCUT2D eigenvalue weighted by Crippen LogP contribution is 2.26. The van der Waals surface area contributed by atoms with E-state index < -0.39 is 27.2 Å². The molecule has 8 heteroatoms. The number of carbonyl (C=O) groups excluding carboxylic acids is 1. The first-order chi connectivity index (χ1) is 9.20. The van der Waals surface area contributed by atoms with Gasteiger partial charge in [-0.05, 0) is 48.9 Å². The highest BCUT2D eigenvalue weighted by Gasteiger charge is 2.44. The van der Waals surface area contributed by atoms with Gasteiger partial charge in [-0.25, -0.2) is 4.79 Å². The van der Waals surface area contributed by atoms with E-state index in [1.807, 2.05) is 0 Å². The highest BCUT2D eigenvalue weighted by molar-refractivity contribution is 7.87. The predicted molar refractivity (Wildman–Crippen MR) is 62.4 cm³/mol. The molecule has 4 nitrogen and oxygen atoms in total. The van der Waals surface area contributed by atoms with Crippen molar-refractivity contribution in [2.75, 3.05) is 0 Å². The van der Waals surface area contributed by atoms with Gasteiger partial charge in [-0.15, -0.1) is 0 Å². The largest absolute Gasteiger partial charge is 0.492 e. The Morgan fingerprint density at radius 2 is 1.70 bits per heavy atom. The van der Waals surface area contributed by atoms with Crippen molar-refractivity contribution in [1.82, 2.24) is 0 Å². The number of hydrogen-bond acceptors (Lipinski definition) is 4. The molecular formula is C12H11F3O4S. The Labute approximate surface area is 113 Å². The van der Waals surface area contributed by atoms with Crippen molar-refractivity contribution < 1.29 is 30.6 Å². The van der Waals surface area contributed by atoms with Gasteiger partial charge in [0.05, 0.1) is 0 Å². The molecule has 0 aliphatic heterocycles. The molecular weight excluding hydrogens is 297 g/mol. The lowest BCUT2D eigenvalue weighted by Crippen LogP contribution is -2.28. The topological polar surface area (TPSA) is 60.4 Å². The van der Waals surface area contributed by atoms with Crippen molar-refractivity contribution in [3.63, 3.8) is 0 Å². The van der Waals surface area contributed by atoms with Crippen LogP contribution in [0, 0.1) is 0 Å². The minimum atomic E-state index is -5.35. The Balaban J connectivity index is 2.28. The summed E-state index contributed by atoms with van der Waals surface area (Å²) < 4.78 is 62.9. The van der Waals surface area contributed by atoms with Crippen molar-refractivity contribution in [2.45, 2.75) is 36.8 Å². The molecule has 0 radical (unpaired) electrons. The van der Waals surface area contributed by atoms with E-state index in [1.165, 1.54) is 6.07 Å². The SMILES string of the molecule is O=C(OS(=O)(=O)c1ccc2c(c1)CCCC2)C(F)(F)F. The fourth-order valence-corrected chi connectivity index (χ4v) is 2.97. The summed E-state index contributed by atoms with van der Waals surface area (Å²) in [6, 6.07) is 3.97. The molecule has 1 aromatic carbocycles.